The van der Waals surface area contributed by atoms with E-state index >= 15 is 0 Å². The summed E-state index contributed by atoms with van der Waals surface area (Å²) >= 11 is 3.39. The van der Waals surface area contributed by atoms with Gasteiger partial charge in [-0.3, -0.25) is 0 Å². The fourth-order valence-electron chi connectivity index (χ4n) is 1.50. The summed E-state index contributed by atoms with van der Waals surface area (Å²) in [5.41, 5.74) is 6.97. The summed E-state index contributed by atoms with van der Waals surface area (Å²) in [4.78, 5) is 0. The second-order valence-electron chi connectivity index (χ2n) is 3.71. The van der Waals surface area contributed by atoms with Gasteiger partial charge in [0.1, 0.15) is 11.6 Å². The Morgan fingerprint density at radius 3 is 2.61 bits per heavy atom. The van der Waals surface area contributed by atoms with Crippen LogP contribution in [-0.4, -0.2) is 7.11 Å². The van der Waals surface area contributed by atoms with Gasteiger partial charge in [-0.05, 0) is 46.3 Å². The van der Waals surface area contributed by atoms with Gasteiger partial charge < -0.3 is 15.8 Å². The van der Waals surface area contributed by atoms with Crippen LogP contribution in [0.25, 0.3) is 0 Å². The molecule has 0 amide bonds. The lowest BCUT2D eigenvalue weighted by Crippen LogP contribution is -1.96. The number of hydrogen-bond donors (Lipinski definition) is 2. The van der Waals surface area contributed by atoms with E-state index in [4.69, 9.17) is 10.5 Å². The van der Waals surface area contributed by atoms with Crippen LogP contribution in [0.2, 0.25) is 0 Å². The SMILES string of the molecule is COc1ccc(Br)c(Nc2ccc(N)cc2F)c1. The molecule has 3 N–H and O–H groups in total. The summed E-state index contributed by atoms with van der Waals surface area (Å²) in [6, 6.07) is 9.93. The van der Waals surface area contributed by atoms with Crippen LogP contribution in [0, 0.1) is 5.82 Å². The first-order valence-corrected chi connectivity index (χ1v) is 6.05. The van der Waals surface area contributed by atoms with Crippen molar-refractivity contribution in [1.82, 2.24) is 0 Å². The molecule has 5 heteroatoms. The molecule has 2 rings (SSSR count). The highest BCUT2D eigenvalue weighted by atomic mass is 79.9. The normalized spacial score (nSPS) is 10.2. The third-order valence-corrected chi connectivity index (χ3v) is 3.13. The number of halogens is 2. The van der Waals surface area contributed by atoms with Gasteiger partial charge in [-0.1, -0.05) is 0 Å². The zero-order valence-corrected chi connectivity index (χ0v) is 11.3. The molecule has 94 valence electrons. The van der Waals surface area contributed by atoms with E-state index in [2.05, 4.69) is 21.2 Å². The highest BCUT2D eigenvalue weighted by molar-refractivity contribution is 9.10. The maximum Gasteiger partial charge on any atom is 0.148 e. The molecule has 0 unspecified atom stereocenters. The van der Waals surface area contributed by atoms with Crippen molar-refractivity contribution in [2.24, 2.45) is 0 Å². The highest BCUT2D eigenvalue weighted by Crippen LogP contribution is 2.31. The number of rotatable bonds is 3. The molecule has 0 saturated heterocycles. The van der Waals surface area contributed by atoms with Crippen LogP contribution in [0.3, 0.4) is 0 Å². The van der Waals surface area contributed by atoms with Gasteiger partial charge in [0.05, 0.1) is 18.5 Å². The fraction of sp³-hybridized carbons (Fsp3) is 0.0769. The molecular weight excluding hydrogens is 299 g/mol. The second kappa shape index (κ2) is 5.27. The third-order valence-electron chi connectivity index (χ3n) is 2.44. The smallest absolute Gasteiger partial charge is 0.148 e. The summed E-state index contributed by atoms with van der Waals surface area (Å²) in [5.74, 6) is 0.293. The van der Waals surface area contributed by atoms with Crippen molar-refractivity contribution in [3.8, 4) is 5.75 Å². The van der Waals surface area contributed by atoms with Crippen molar-refractivity contribution < 1.29 is 9.13 Å². The lowest BCUT2D eigenvalue weighted by molar-refractivity contribution is 0.415. The van der Waals surface area contributed by atoms with Crippen molar-refractivity contribution in [3.05, 3.63) is 46.7 Å². The van der Waals surface area contributed by atoms with E-state index in [-0.39, 0.29) is 0 Å². The molecule has 0 aliphatic heterocycles. The number of ether oxygens (including phenoxy) is 1. The van der Waals surface area contributed by atoms with Crippen molar-refractivity contribution in [2.45, 2.75) is 0 Å². The van der Waals surface area contributed by atoms with E-state index in [9.17, 15) is 4.39 Å². The number of benzene rings is 2. The molecule has 2 aromatic rings. The van der Waals surface area contributed by atoms with Crippen LogP contribution in [0.1, 0.15) is 0 Å². The molecule has 3 nitrogen and oxygen atoms in total. The molecule has 18 heavy (non-hydrogen) atoms. The van der Waals surface area contributed by atoms with E-state index in [0.29, 0.717) is 17.1 Å². The van der Waals surface area contributed by atoms with E-state index < -0.39 is 5.82 Å². The van der Waals surface area contributed by atoms with E-state index in [1.165, 1.54) is 6.07 Å². The molecule has 0 aliphatic rings. The first kappa shape index (κ1) is 12.7. The number of hydrogen-bond acceptors (Lipinski definition) is 3. The first-order valence-electron chi connectivity index (χ1n) is 5.26. The fourth-order valence-corrected chi connectivity index (χ4v) is 1.85. The number of anilines is 3. The number of methoxy groups -OCH3 is 1. The Morgan fingerprint density at radius 1 is 1.17 bits per heavy atom. The highest BCUT2D eigenvalue weighted by Gasteiger charge is 2.06. The molecule has 0 atom stereocenters. The Morgan fingerprint density at radius 2 is 1.94 bits per heavy atom. The van der Waals surface area contributed by atoms with Crippen LogP contribution in [0.15, 0.2) is 40.9 Å². The minimum Gasteiger partial charge on any atom is -0.497 e. The van der Waals surface area contributed by atoms with Crippen LogP contribution < -0.4 is 15.8 Å². The first-order chi connectivity index (χ1) is 8.60. The summed E-state index contributed by atoms with van der Waals surface area (Å²) in [6.07, 6.45) is 0. The van der Waals surface area contributed by atoms with Gasteiger partial charge >= 0.3 is 0 Å². The molecule has 0 aromatic heterocycles. The van der Waals surface area contributed by atoms with Gasteiger partial charge in [0, 0.05) is 16.2 Å². The van der Waals surface area contributed by atoms with Crippen LogP contribution >= 0.6 is 15.9 Å². The Kier molecular flexibility index (Phi) is 3.72. The predicted octanol–water partition coefficient (Wildman–Crippen LogP) is 3.92. The zero-order valence-electron chi connectivity index (χ0n) is 9.71. The summed E-state index contributed by atoms with van der Waals surface area (Å²) in [5, 5.41) is 2.98. The molecule has 2 aromatic carbocycles. The lowest BCUT2D eigenvalue weighted by atomic mass is 10.2. The molecule has 0 spiro atoms. The molecule has 0 bridgehead atoms. The summed E-state index contributed by atoms with van der Waals surface area (Å²) < 4.78 is 19.6. The van der Waals surface area contributed by atoms with E-state index in [1.54, 1.807) is 25.3 Å². The van der Waals surface area contributed by atoms with Gasteiger partial charge in [-0.25, -0.2) is 4.39 Å². The van der Waals surface area contributed by atoms with Crippen LogP contribution in [0.5, 0.6) is 5.75 Å². The molecule has 0 fully saturated rings. The number of nitrogen functional groups attached to an aromatic ring is 1. The Balaban J connectivity index is 2.33. The van der Waals surface area contributed by atoms with Crippen molar-refractivity contribution >= 4 is 33.0 Å². The maximum absolute atomic E-state index is 13.7. The molecule has 0 aliphatic carbocycles. The summed E-state index contributed by atoms with van der Waals surface area (Å²) in [7, 11) is 1.58. The molecule has 0 saturated carbocycles. The quantitative estimate of drug-likeness (QED) is 0.845. The van der Waals surface area contributed by atoms with E-state index in [0.717, 1.165) is 10.2 Å². The minimum absolute atomic E-state index is 0.359. The van der Waals surface area contributed by atoms with Crippen LogP contribution in [-0.2, 0) is 0 Å². The van der Waals surface area contributed by atoms with Gasteiger partial charge in [0.15, 0.2) is 0 Å². The van der Waals surface area contributed by atoms with Crippen molar-refractivity contribution in [3.63, 3.8) is 0 Å². The zero-order chi connectivity index (χ0) is 13.1. The molecular formula is C13H12BrFN2O. The Bertz CT molecular complexity index is 575. The maximum atomic E-state index is 13.7. The Labute approximate surface area is 113 Å². The van der Waals surface area contributed by atoms with Crippen molar-refractivity contribution in [1.29, 1.82) is 0 Å². The second-order valence-corrected chi connectivity index (χ2v) is 4.56. The average molecular weight is 311 g/mol. The minimum atomic E-state index is -0.398. The number of nitrogens with one attached hydrogen (secondary N) is 1. The molecule has 0 heterocycles. The average Bonchev–Trinajstić information content (AvgIpc) is 2.35. The van der Waals surface area contributed by atoms with Crippen LogP contribution in [0.4, 0.5) is 21.5 Å². The third kappa shape index (κ3) is 2.73. The lowest BCUT2D eigenvalue weighted by Gasteiger charge is -2.11. The molecule has 0 radical (unpaired) electrons. The number of nitrogens with two attached hydrogens (primary N) is 1. The monoisotopic (exact) mass is 310 g/mol. The van der Waals surface area contributed by atoms with Gasteiger partial charge in [-0.2, -0.15) is 0 Å². The Hall–Kier alpha value is -1.75. The van der Waals surface area contributed by atoms with Gasteiger partial charge in [0.2, 0.25) is 0 Å². The topological polar surface area (TPSA) is 47.3 Å². The van der Waals surface area contributed by atoms with Gasteiger partial charge in [0.25, 0.3) is 0 Å². The standard InChI is InChI=1S/C13H12BrFN2O/c1-18-9-3-4-10(14)13(7-9)17-12-5-2-8(16)6-11(12)15/h2-7,17H,16H2,1H3. The van der Waals surface area contributed by atoms with Crippen molar-refractivity contribution in [2.75, 3.05) is 18.2 Å². The predicted molar refractivity (Wildman–Crippen MR) is 74.8 cm³/mol. The summed E-state index contributed by atoms with van der Waals surface area (Å²) in [6.45, 7) is 0. The largest absolute Gasteiger partial charge is 0.497 e. The van der Waals surface area contributed by atoms with Gasteiger partial charge in [-0.15, -0.1) is 0 Å². The van der Waals surface area contributed by atoms with E-state index in [1.807, 2.05) is 12.1 Å².